The number of amides is 1. The van der Waals surface area contributed by atoms with Gasteiger partial charge in [-0.1, -0.05) is 39.0 Å². The number of hydrogen-bond donors (Lipinski definition) is 3. The monoisotopic (exact) mass is 525 g/mol. The lowest BCUT2D eigenvalue weighted by Gasteiger charge is -2.32. The van der Waals surface area contributed by atoms with Gasteiger partial charge in [0.1, 0.15) is 17.4 Å². The number of fused-ring (bicyclic) bond motifs is 1. The van der Waals surface area contributed by atoms with E-state index < -0.39 is 0 Å². The molecule has 10 heteroatoms. The van der Waals surface area contributed by atoms with Crippen LogP contribution in [0.5, 0.6) is 0 Å². The predicted molar refractivity (Wildman–Crippen MR) is 157 cm³/mol. The highest BCUT2D eigenvalue weighted by molar-refractivity contribution is 6.05. The van der Waals surface area contributed by atoms with E-state index in [0.717, 1.165) is 48.7 Å². The van der Waals surface area contributed by atoms with Crippen molar-refractivity contribution in [3.63, 3.8) is 0 Å². The molecule has 0 aliphatic carbocycles. The molecule has 5 rings (SSSR count). The average Bonchev–Trinajstić information content (AvgIpc) is 2.90. The number of nitrogens with two attached hydrogens (primary N) is 1. The van der Waals surface area contributed by atoms with E-state index >= 15 is 0 Å². The van der Waals surface area contributed by atoms with Crippen molar-refractivity contribution in [1.82, 2.24) is 24.8 Å². The minimum absolute atomic E-state index is 0.0147. The number of aryl methyl sites for hydroxylation is 1. The summed E-state index contributed by atoms with van der Waals surface area (Å²) in [5.74, 6) is 1.18. The fourth-order valence-electron chi connectivity index (χ4n) is 4.49. The first kappa shape index (κ1) is 26.3. The highest BCUT2D eigenvalue weighted by atomic mass is 16.1. The Kier molecular flexibility index (Phi) is 7.05. The third kappa shape index (κ3) is 5.75. The summed E-state index contributed by atoms with van der Waals surface area (Å²) >= 11 is 0. The quantitative estimate of drug-likeness (QED) is 0.348. The molecule has 4 aromatic rings. The fourth-order valence-corrected chi connectivity index (χ4v) is 4.49. The maximum absolute atomic E-state index is 13.2. The molecular formula is C29H35N9O. The molecule has 1 fully saturated rings. The topological polar surface area (TPSA) is 125 Å². The Labute approximate surface area is 228 Å². The van der Waals surface area contributed by atoms with Crippen LogP contribution >= 0.6 is 0 Å². The molecule has 1 saturated heterocycles. The minimum Gasteiger partial charge on any atom is -0.382 e. The maximum Gasteiger partial charge on any atom is 0.255 e. The molecule has 3 heterocycles. The fraction of sp³-hybridized carbons (Fsp3) is 0.345. The SMILES string of the molecule is Cc1ccc(C(=O)Nc2cccc(C(C)(C)C)c2)cc1Nc1ncnc2c(N)nc(N3CCN(C)CC3)nc12. The van der Waals surface area contributed by atoms with Crippen molar-refractivity contribution in [3.8, 4) is 0 Å². The van der Waals surface area contributed by atoms with Crippen LogP contribution in [0.4, 0.5) is 29.0 Å². The summed E-state index contributed by atoms with van der Waals surface area (Å²) < 4.78 is 0. The van der Waals surface area contributed by atoms with Crippen LogP contribution in [0.15, 0.2) is 48.8 Å². The largest absolute Gasteiger partial charge is 0.382 e. The summed E-state index contributed by atoms with van der Waals surface area (Å²) in [4.78, 5) is 35.7. The van der Waals surface area contributed by atoms with Crippen LogP contribution in [0.2, 0.25) is 0 Å². The summed E-state index contributed by atoms with van der Waals surface area (Å²) in [6.07, 6.45) is 1.44. The van der Waals surface area contributed by atoms with Crippen molar-refractivity contribution in [2.24, 2.45) is 0 Å². The number of nitrogens with one attached hydrogen (secondary N) is 2. The second-order valence-corrected chi connectivity index (χ2v) is 11.1. The Morgan fingerprint density at radius 1 is 0.974 bits per heavy atom. The summed E-state index contributed by atoms with van der Waals surface area (Å²) in [6.45, 7) is 11.9. The van der Waals surface area contributed by atoms with Crippen LogP contribution < -0.4 is 21.3 Å². The standard InChI is InChI=1S/C29H35N9O/c1-18-9-10-19(27(39)33-21-8-6-7-20(16-21)29(2,3)4)15-22(18)34-26-24-23(31-17-32-26)25(30)36-28(35-24)38-13-11-37(5)12-14-38/h6-10,15-17H,11-14H2,1-5H3,(H,33,39)(H2,30,35,36)(H,31,32,34). The van der Waals surface area contributed by atoms with Crippen molar-refractivity contribution in [1.29, 1.82) is 0 Å². The normalized spacial score (nSPS) is 14.4. The lowest BCUT2D eigenvalue weighted by Crippen LogP contribution is -2.45. The molecule has 2 aromatic carbocycles. The van der Waals surface area contributed by atoms with Gasteiger partial charge in [0, 0.05) is 43.1 Å². The predicted octanol–water partition coefficient (Wildman–Crippen LogP) is 4.36. The second kappa shape index (κ2) is 10.5. The summed E-state index contributed by atoms with van der Waals surface area (Å²) in [6, 6.07) is 13.5. The second-order valence-electron chi connectivity index (χ2n) is 11.1. The van der Waals surface area contributed by atoms with Gasteiger partial charge < -0.3 is 26.2 Å². The maximum atomic E-state index is 13.2. The molecule has 0 radical (unpaired) electrons. The van der Waals surface area contributed by atoms with Crippen LogP contribution in [0, 0.1) is 6.92 Å². The molecule has 0 spiro atoms. The summed E-state index contributed by atoms with van der Waals surface area (Å²) in [5, 5.41) is 6.39. The van der Waals surface area contributed by atoms with Crippen LogP contribution in [0.1, 0.15) is 42.3 Å². The molecule has 0 unspecified atom stereocenters. The third-order valence-corrected chi connectivity index (χ3v) is 7.02. The molecule has 39 heavy (non-hydrogen) atoms. The van der Waals surface area contributed by atoms with Gasteiger partial charge in [-0.25, -0.2) is 15.0 Å². The van der Waals surface area contributed by atoms with Gasteiger partial charge in [-0.3, -0.25) is 4.79 Å². The van der Waals surface area contributed by atoms with Gasteiger partial charge in [0.05, 0.1) is 0 Å². The Hall–Kier alpha value is -4.31. The van der Waals surface area contributed by atoms with Gasteiger partial charge in [-0.05, 0) is 54.8 Å². The van der Waals surface area contributed by atoms with E-state index in [1.165, 1.54) is 6.33 Å². The lowest BCUT2D eigenvalue weighted by atomic mass is 9.87. The molecule has 0 atom stereocenters. The van der Waals surface area contributed by atoms with Crippen molar-refractivity contribution in [2.45, 2.75) is 33.1 Å². The molecule has 4 N–H and O–H groups in total. The molecule has 1 amide bonds. The highest BCUT2D eigenvalue weighted by Crippen LogP contribution is 2.29. The number of nitrogen functional groups attached to an aromatic ring is 1. The highest BCUT2D eigenvalue weighted by Gasteiger charge is 2.20. The number of carbonyl (C=O) groups excluding carboxylic acids is 1. The number of rotatable bonds is 5. The summed E-state index contributed by atoms with van der Waals surface area (Å²) in [7, 11) is 2.10. The first-order valence-electron chi connectivity index (χ1n) is 13.1. The Balaban J connectivity index is 1.43. The van der Waals surface area contributed by atoms with E-state index in [1.807, 2.05) is 43.3 Å². The number of likely N-dealkylation sites (N-methyl/N-ethyl adjacent to an activating group) is 1. The van der Waals surface area contributed by atoms with E-state index in [-0.39, 0.29) is 11.3 Å². The zero-order valence-corrected chi connectivity index (χ0v) is 23.1. The average molecular weight is 526 g/mol. The van der Waals surface area contributed by atoms with E-state index in [0.29, 0.717) is 34.2 Å². The number of nitrogens with zero attached hydrogens (tertiary/aromatic N) is 6. The zero-order chi connectivity index (χ0) is 27.7. The summed E-state index contributed by atoms with van der Waals surface area (Å²) in [5.41, 5.74) is 11.4. The molecular weight excluding hydrogens is 490 g/mol. The van der Waals surface area contributed by atoms with Gasteiger partial charge in [-0.2, -0.15) is 4.98 Å². The van der Waals surface area contributed by atoms with E-state index in [1.54, 1.807) is 0 Å². The number of piperazine rings is 1. The molecule has 10 nitrogen and oxygen atoms in total. The molecule has 1 aliphatic heterocycles. The van der Waals surface area contributed by atoms with Crippen LogP contribution in [0.3, 0.4) is 0 Å². The molecule has 202 valence electrons. The number of anilines is 5. The van der Waals surface area contributed by atoms with Gasteiger partial charge in [0.2, 0.25) is 5.95 Å². The van der Waals surface area contributed by atoms with E-state index in [2.05, 4.69) is 69.3 Å². The first-order chi connectivity index (χ1) is 18.6. The smallest absolute Gasteiger partial charge is 0.255 e. The number of aromatic nitrogens is 4. The molecule has 2 aromatic heterocycles. The van der Waals surface area contributed by atoms with E-state index in [9.17, 15) is 4.79 Å². The van der Waals surface area contributed by atoms with Crippen molar-refractivity contribution in [3.05, 3.63) is 65.5 Å². The molecule has 0 saturated carbocycles. The van der Waals surface area contributed by atoms with Crippen LogP contribution in [0.25, 0.3) is 11.0 Å². The van der Waals surface area contributed by atoms with Gasteiger partial charge in [-0.15, -0.1) is 0 Å². The van der Waals surface area contributed by atoms with Gasteiger partial charge in [0.15, 0.2) is 11.6 Å². The van der Waals surface area contributed by atoms with Crippen molar-refractivity contribution >= 4 is 45.9 Å². The third-order valence-electron chi connectivity index (χ3n) is 7.02. The van der Waals surface area contributed by atoms with Crippen LogP contribution in [-0.2, 0) is 5.41 Å². The first-order valence-corrected chi connectivity index (χ1v) is 13.1. The Morgan fingerprint density at radius 2 is 1.74 bits per heavy atom. The Bertz CT molecular complexity index is 1520. The van der Waals surface area contributed by atoms with Gasteiger partial charge >= 0.3 is 0 Å². The van der Waals surface area contributed by atoms with E-state index in [4.69, 9.17) is 10.7 Å². The zero-order valence-electron chi connectivity index (χ0n) is 23.1. The number of benzene rings is 2. The van der Waals surface area contributed by atoms with Crippen LogP contribution in [-0.4, -0.2) is 64.0 Å². The molecule has 0 bridgehead atoms. The Morgan fingerprint density at radius 3 is 2.49 bits per heavy atom. The van der Waals surface area contributed by atoms with Gasteiger partial charge in [0.25, 0.3) is 5.91 Å². The number of hydrogen-bond acceptors (Lipinski definition) is 9. The molecule has 1 aliphatic rings. The minimum atomic E-state index is -0.194. The lowest BCUT2D eigenvalue weighted by molar-refractivity contribution is 0.102. The van der Waals surface area contributed by atoms with Crippen molar-refractivity contribution in [2.75, 3.05) is 54.5 Å². The van der Waals surface area contributed by atoms with Crippen molar-refractivity contribution < 1.29 is 4.79 Å². The number of carbonyl (C=O) groups is 1.